The fourth-order valence-corrected chi connectivity index (χ4v) is 1.99. The lowest BCUT2D eigenvalue weighted by Crippen LogP contribution is -2.38. The molecule has 1 heterocycles. The van der Waals surface area contributed by atoms with E-state index in [0.29, 0.717) is 6.54 Å². The first-order valence-electron chi connectivity index (χ1n) is 7.19. The third kappa shape index (κ3) is 5.22. The minimum atomic E-state index is 0.272. The molecule has 0 saturated heterocycles. The van der Waals surface area contributed by atoms with Crippen molar-refractivity contribution in [2.24, 2.45) is 4.99 Å². The standard InChI is InChI=1S/C16H22N4O/c1-2-17-16(18-8-11-20-9-3-4-10-20)19-13-14-6-5-7-15(21)12-14/h3-7,9-10,12,21H,2,8,11,13H2,1H3,(H2,17,18,19). The molecule has 1 aromatic carbocycles. The molecule has 5 heteroatoms. The van der Waals surface area contributed by atoms with Crippen LogP contribution in [-0.4, -0.2) is 28.7 Å². The summed E-state index contributed by atoms with van der Waals surface area (Å²) in [7, 11) is 0. The van der Waals surface area contributed by atoms with E-state index in [4.69, 9.17) is 0 Å². The first-order chi connectivity index (χ1) is 10.3. The van der Waals surface area contributed by atoms with Crippen LogP contribution in [0.25, 0.3) is 0 Å². The van der Waals surface area contributed by atoms with E-state index in [9.17, 15) is 5.11 Å². The summed E-state index contributed by atoms with van der Waals surface area (Å²) in [6.45, 7) is 5.09. The fourth-order valence-electron chi connectivity index (χ4n) is 1.99. The zero-order valence-corrected chi connectivity index (χ0v) is 12.3. The van der Waals surface area contributed by atoms with Gasteiger partial charge in [-0.05, 0) is 36.8 Å². The number of phenolic OH excluding ortho intramolecular Hbond substituents is 1. The molecule has 0 saturated carbocycles. The SMILES string of the molecule is CCNC(=NCc1cccc(O)c1)NCCn1cccc1. The number of phenols is 1. The Morgan fingerprint density at radius 2 is 2.00 bits per heavy atom. The maximum atomic E-state index is 9.45. The minimum Gasteiger partial charge on any atom is -0.508 e. The van der Waals surface area contributed by atoms with Gasteiger partial charge in [-0.3, -0.25) is 0 Å². The smallest absolute Gasteiger partial charge is 0.191 e. The molecule has 0 unspecified atom stereocenters. The number of hydrogen-bond acceptors (Lipinski definition) is 2. The Morgan fingerprint density at radius 3 is 2.71 bits per heavy atom. The van der Waals surface area contributed by atoms with Crippen LogP contribution < -0.4 is 10.6 Å². The lowest BCUT2D eigenvalue weighted by molar-refractivity contribution is 0.474. The van der Waals surface area contributed by atoms with Crippen LogP contribution in [0.2, 0.25) is 0 Å². The van der Waals surface area contributed by atoms with Crippen molar-refractivity contribution in [1.82, 2.24) is 15.2 Å². The van der Waals surface area contributed by atoms with Crippen LogP contribution in [0.4, 0.5) is 0 Å². The largest absolute Gasteiger partial charge is 0.508 e. The first kappa shape index (κ1) is 15.0. The molecule has 0 aliphatic carbocycles. The molecule has 0 aliphatic heterocycles. The third-order valence-corrected chi connectivity index (χ3v) is 3.00. The van der Waals surface area contributed by atoms with E-state index in [-0.39, 0.29) is 5.75 Å². The van der Waals surface area contributed by atoms with Gasteiger partial charge in [0.15, 0.2) is 5.96 Å². The maximum absolute atomic E-state index is 9.45. The van der Waals surface area contributed by atoms with Gasteiger partial charge in [0, 0.05) is 32.0 Å². The van der Waals surface area contributed by atoms with Gasteiger partial charge < -0.3 is 20.3 Å². The molecule has 2 rings (SSSR count). The number of nitrogens with zero attached hydrogens (tertiary/aromatic N) is 2. The Morgan fingerprint density at radius 1 is 1.19 bits per heavy atom. The Hall–Kier alpha value is -2.43. The van der Waals surface area contributed by atoms with Gasteiger partial charge in [-0.1, -0.05) is 12.1 Å². The molecule has 0 atom stereocenters. The third-order valence-electron chi connectivity index (χ3n) is 3.00. The lowest BCUT2D eigenvalue weighted by atomic mass is 10.2. The van der Waals surface area contributed by atoms with Gasteiger partial charge in [-0.25, -0.2) is 4.99 Å². The van der Waals surface area contributed by atoms with E-state index in [1.54, 1.807) is 12.1 Å². The molecule has 1 aromatic heterocycles. The molecular formula is C16H22N4O. The van der Waals surface area contributed by atoms with Crippen molar-refractivity contribution in [2.45, 2.75) is 20.0 Å². The van der Waals surface area contributed by atoms with E-state index in [2.05, 4.69) is 20.2 Å². The maximum Gasteiger partial charge on any atom is 0.191 e. The Labute approximate surface area is 125 Å². The van der Waals surface area contributed by atoms with Gasteiger partial charge in [0.1, 0.15) is 5.75 Å². The molecule has 0 fully saturated rings. The molecule has 21 heavy (non-hydrogen) atoms. The number of aromatic nitrogens is 1. The van der Waals surface area contributed by atoms with Gasteiger partial charge >= 0.3 is 0 Å². The van der Waals surface area contributed by atoms with Crippen LogP contribution in [0, 0.1) is 0 Å². The van der Waals surface area contributed by atoms with Gasteiger partial charge in [-0.15, -0.1) is 0 Å². The summed E-state index contributed by atoms with van der Waals surface area (Å²) in [5.74, 6) is 1.06. The number of nitrogens with one attached hydrogen (secondary N) is 2. The second-order valence-corrected chi connectivity index (χ2v) is 4.71. The molecule has 2 aromatic rings. The highest BCUT2D eigenvalue weighted by Crippen LogP contribution is 2.11. The van der Waals surface area contributed by atoms with Gasteiger partial charge in [0.2, 0.25) is 0 Å². The Kier molecular flexibility index (Phi) is 5.70. The van der Waals surface area contributed by atoms with E-state index in [1.807, 2.05) is 43.6 Å². The van der Waals surface area contributed by atoms with Crippen molar-refractivity contribution in [3.63, 3.8) is 0 Å². The average Bonchev–Trinajstić information content (AvgIpc) is 2.98. The molecule has 0 bridgehead atoms. The molecule has 112 valence electrons. The quantitative estimate of drug-likeness (QED) is 0.562. The molecule has 3 N–H and O–H groups in total. The zero-order valence-electron chi connectivity index (χ0n) is 12.3. The minimum absolute atomic E-state index is 0.272. The summed E-state index contributed by atoms with van der Waals surface area (Å²) in [6.07, 6.45) is 4.08. The van der Waals surface area contributed by atoms with Crippen LogP contribution >= 0.6 is 0 Å². The summed E-state index contributed by atoms with van der Waals surface area (Å²) < 4.78 is 2.12. The van der Waals surface area contributed by atoms with E-state index in [1.165, 1.54) is 0 Å². The van der Waals surface area contributed by atoms with Gasteiger partial charge in [0.25, 0.3) is 0 Å². The van der Waals surface area contributed by atoms with Crippen molar-refractivity contribution in [3.8, 4) is 5.75 Å². The average molecular weight is 286 g/mol. The molecule has 0 aliphatic rings. The summed E-state index contributed by atoms with van der Waals surface area (Å²) in [5.41, 5.74) is 0.984. The highest BCUT2D eigenvalue weighted by atomic mass is 16.3. The first-order valence-corrected chi connectivity index (χ1v) is 7.19. The highest BCUT2D eigenvalue weighted by Gasteiger charge is 1.98. The molecule has 0 spiro atoms. The summed E-state index contributed by atoms with van der Waals surface area (Å²) >= 11 is 0. The number of aromatic hydroxyl groups is 1. The predicted molar refractivity (Wildman–Crippen MR) is 85.4 cm³/mol. The molecule has 5 nitrogen and oxygen atoms in total. The van der Waals surface area contributed by atoms with Gasteiger partial charge in [-0.2, -0.15) is 0 Å². The Balaban J connectivity index is 1.86. The van der Waals surface area contributed by atoms with Crippen LogP contribution in [0.5, 0.6) is 5.75 Å². The lowest BCUT2D eigenvalue weighted by Gasteiger charge is -2.11. The molecular weight excluding hydrogens is 264 g/mol. The second-order valence-electron chi connectivity index (χ2n) is 4.71. The summed E-state index contributed by atoms with van der Waals surface area (Å²) in [5, 5.41) is 16.0. The van der Waals surface area contributed by atoms with E-state index < -0.39 is 0 Å². The zero-order chi connectivity index (χ0) is 14.9. The van der Waals surface area contributed by atoms with E-state index >= 15 is 0 Å². The molecule has 0 radical (unpaired) electrons. The van der Waals surface area contributed by atoms with Crippen molar-refractivity contribution in [3.05, 3.63) is 54.4 Å². The van der Waals surface area contributed by atoms with Crippen molar-refractivity contribution in [1.29, 1.82) is 0 Å². The fraction of sp³-hybridized carbons (Fsp3) is 0.312. The van der Waals surface area contributed by atoms with Crippen molar-refractivity contribution in [2.75, 3.05) is 13.1 Å². The number of aliphatic imine (C=N–C) groups is 1. The normalized spacial score (nSPS) is 11.4. The summed E-state index contributed by atoms with van der Waals surface area (Å²) in [4.78, 5) is 4.52. The number of rotatable bonds is 6. The van der Waals surface area contributed by atoms with Crippen LogP contribution in [0.1, 0.15) is 12.5 Å². The van der Waals surface area contributed by atoms with Crippen molar-refractivity contribution >= 4 is 5.96 Å². The number of hydrogen-bond donors (Lipinski definition) is 3. The molecule has 0 amide bonds. The monoisotopic (exact) mass is 286 g/mol. The number of guanidine groups is 1. The highest BCUT2D eigenvalue weighted by molar-refractivity contribution is 5.79. The van der Waals surface area contributed by atoms with Crippen LogP contribution in [0.3, 0.4) is 0 Å². The predicted octanol–water partition coefficient (Wildman–Crippen LogP) is 1.95. The second kappa shape index (κ2) is 7.99. The van der Waals surface area contributed by atoms with Crippen molar-refractivity contribution < 1.29 is 5.11 Å². The van der Waals surface area contributed by atoms with E-state index in [0.717, 1.165) is 31.2 Å². The topological polar surface area (TPSA) is 61.6 Å². The van der Waals surface area contributed by atoms with Crippen LogP contribution in [0.15, 0.2) is 53.8 Å². The Bertz CT molecular complexity index is 563. The summed E-state index contributed by atoms with van der Waals surface area (Å²) in [6, 6.07) is 11.2. The van der Waals surface area contributed by atoms with Gasteiger partial charge in [0.05, 0.1) is 6.54 Å². The number of benzene rings is 1. The van der Waals surface area contributed by atoms with Crippen LogP contribution in [-0.2, 0) is 13.1 Å².